The van der Waals surface area contributed by atoms with E-state index in [0.717, 1.165) is 55.0 Å². The van der Waals surface area contributed by atoms with E-state index in [1.165, 1.54) is 23.3 Å². The maximum absolute atomic E-state index is 13.2. The Hall–Kier alpha value is -3.15. The van der Waals surface area contributed by atoms with Crippen molar-refractivity contribution in [3.63, 3.8) is 0 Å². The molecule has 3 aromatic rings. The molecule has 1 saturated heterocycles. The lowest BCUT2D eigenvalue weighted by molar-refractivity contribution is 0.623. The molecule has 6 heteroatoms. The molecule has 4 rings (SSSR count). The summed E-state index contributed by atoms with van der Waals surface area (Å²) in [4.78, 5) is 13.9. The SMILES string of the molecule is Cc1cc(Nc2cccc(C)c2C)nc(N2CCN(c3ccc(F)cc3)CC2)n1. The molecular weight excluding hydrogens is 365 g/mol. The zero-order valence-corrected chi connectivity index (χ0v) is 17.1. The molecule has 0 unspecified atom stereocenters. The van der Waals surface area contributed by atoms with E-state index in [4.69, 9.17) is 4.98 Å². The first-order valence-corrected chi connectivity index (χ1v) is 9.94. The number of aryl methyl sites for hydroxylation is 2. The Morgan fingerprint density at radius 3 is 2.28 bits per heavy atom. The van der Waals surface area contributed by atoms with Crippen LogP contribution in [-0.2, 0) is 0 Å². The fourth-order valence-electron chi connectivity index (χ4n) is 3.60. The van der Waals surface area contributed by atoms with Crippen molar-refractivity contribution in [3.05, 3.63) is 71.2 Å². The number of aromatic nitrogens is 2. The molecule has 2 heterocycles. The fraction of sp³-hybridized carbons (Fsp3) is 0.304. The van der Waals surface area contributed by atoms with E-state index in [-0.39, 0.29) is 5.82 Å². The topological polar surface area (TPSA) is 44.3 Å². The monoisotopic (exact) mass is 391 g/mol. The third kappa shape index (κ3) is 4.31. The van der Waals surface area contributed by atoms with Crippen molar-refractivity contribution < 1.29 is 4.39 Å². The molecule has 29 heavy (non-hydrogen) atoms. The Balaban J connectivity index is 1.48. The highest BCUT2D eigenvalue weighted by molar-refractivity contribution is 5.63. The number of hydrogen-bond donors (Lipinski definition) is 1. The van der Waals surface area contributed by atoms with Crippen LogP contribution in [0.25, 0.3) is 0 Å². The van der Waals surface area contributed by atoms with E-state index in [1.807, 2.05) is 31.2 Å². The van der Waals surface area contributed by atoms with E-state index in [9.17, 15) is 4.39 Å². The molecule has 1 fully saturated rings. The predicted octanol–water partition coefficient (Wildman–Crippen LogP) is 4.61. The minimum atomic E-state index is -0.204. The van der Waals surface area contributed by atoms with Gasteiger partial charge in [-0.3, -0.25) is 0 Å². The molecule has 1 aliphatic rings. The van der Waals surface area contributed by atoms with Crippen LogP contribution in [0.4, 0.5) is 27.5 Å². The molecule has 0 bridgehead atoms. The van der Waals surface area contributed by atoms with Gasteiger partial charge in [0.1, 0.15) is 11.6 Å². The Kier molecular flexibility index (Phi) is 5.34. The second-order valence-corrected chi connectivity index (χ2v) is 7.52. The summed E-state index contributed by atoms with van der Waals surface area (Å²) in [5, 5.41) is 3.45. The minimum absolute atomic E-state index is 0.204. The summed E-state index contributed by atoms with van der Waals surface area (Å²) in [6.07, 6.45) is 0. The van der Waals surface area contributed by atoms with E-state index < -0.39 is 0 Å². The first-order chi connectivity index (χ1) is 14.0. The molecule has 5 nitrogen and oxygen atoms in total. The molecule has 1 aromatic heterocycles. The van der Waals surface area contributed by atoms with Gasteiger partial charge in [0.15, 0.2) is 0 Å². The largest absolute Gasteiger partial charge is 0.368 e. The number of nitrogens with zero attached hydrogens (tertiary/aromatic N) is 4. The van der Waals surface area contributed by atoms with E-state index >= 15 is 0 Å². The summed E-state index contributed by atoms with van der Waals surface area (Å²) in [7, 11) is 0. The van der Waals surface area contributed by atoms with Crippen LogP contribution in [0.3, 0.4) is 0 Å². The summed E-state index contributed by atoms with van der Waals surface area (Å²) in [6.45, 7) is 9.56. The van der Waals surface area contributed by atoms with Crippen LogP contribution in [0.15, 0.2) is 48.5 Å². The second kappa shape index (κ2) is 8.07. The molecule has 0 amide bonds. The van der Waals surface area contributed by atoms with Crippen molar-refractivity contribution in [1.29, 1.82) is 0 Å². The van der Waals surface area contributed by atoms with Gasteiger partial charge in [-0.1, -0.05) is 12.1 Å². The van der Waals surface area contributed by atoms with Gasteiger partial charge in [0, 0.05) is 49.3 Å². The first kappa shape index (κ1) is 19.2. The summed E-state index contributed by atoms with van der Waals surface area (Å²) >= 11 is 0. The molecule has 0 saturated carbocycles. The van der Waals surface area contributed by atoms with Gasteiger partial charge in [0.05, 0.1) is 0 Å². The highest BCUT2D eigenvalue weighted by Crippen LogP contribution is 2.24. The number of nitrogens with one attached hydrogen (secondary N) is 1. The van der Waals surface area contributed by atoms with Crippen LogP contribution in [0.5, 0.6) is 0 Å². The second-order valence-electron chi connectivity index (χ2n) is 7.52. The number of anilines is 4. The molecule has 0 spiro atoms. The van der Waals surface area contributed by atoms with Gasteiger partial charge in [-0.25, -0.2) is 9.37 Å². The van der Waals surface area contributed by atoms with Gasteiger partial charge in [0.25, 0.3) is 0 Å². The highest BCUT2D eigenvalue weighted by Gasteiger charge is 2.20. The van der Waals surface area contributed by atoms with E-state index in [0.29, 0.717) is 0 Å². The van der Waals surface area contributed by atoms with Crippen molar-refractivity contribution in [2.24, 2.45) is 0 Å². The molecule has 150 valence electrons. The van der Waals surface area contributed by atoms with Crippen LogP contribution >= 0.6 is 0 Å². The lowest BCUT2D eigenvalue weighted by atomic mass is 10.1. The zero-order valence-electron chi connectivity index (χ0n) is 17.1. The minimum Gasteiger partial charge on any atom is -0.368 e. The van der Waals surface area contributed by atoms with Gasteiger partial charge >= 0.3 is 0 Å². The van der Waals surface area contributed by atoms with Crippen LogP contribution < -0.4 is 15.1 Å². The average molecular weight is 391 g/mol. The number of hydrogen-bond acceptors (Lipinski definition) is 5. The molecular formula is C23H26FN5. The first-order valence-electron chi connectivity index (χ1n) is 9.94. The molecule has 2 aromatic carbocycles. The standard InChI is InChI=1S/C23H26FN5/c1-16-5-4-6-21(18(16)3)26-22-15-17(2)25-23(27-22)29-13-11-28(12-14-29)20-9-7-19(24)8-10-20/h4-10,15H,11-14H2,1-3H3,(H,25,26,27). The number of piperazine rings is 1. The lowest BCUT2D eigenvalue weighted by Gasteiger charge is -2.36. The normalized spacial score (nSPS) is 14.2. The van der Waals surface area contributed by atoms with Gasteiger partial charge in [-0.15, -0.1) is 0 Å². The van der Waals surface area contributed by atoms with Gasteiger partial charge in [0.2, 0.25) is 5.95 Å². The zero-order chi connectivity index (χ0) is 20.4. The van der Waals surface area contributed by atoms with E-state index in [1.54, 1.807) is 0 Å². The highest BCUT2D eigenvalue weighted by atomic mass is 19.1. The summed E-state index contributed by atoms with van der Waals surface area (Å²) in [5.74, 6) is 1.35. The fourth-order valence-corrected chi connectivity index (χ4v) is 3.60. The summed E-state index contributed by atoms with van der Waals surface area (Å²) in [6, 6.07) is 14.9. The van der Waals surface area contributed by atoms with Crippen molar-refractivity contribution in [2.75, 3.05) is 41.3 Å². The van der Waals surface area contributed by atoms with Crippen LogP contribution in [0.1, 0.15) is 16.8 Å². The maximum Gasteiger partial charge on any atom is 0.227 e. The molecule has 0 radical (unpaired) electrons. The third-order valence-corrected chi connectivity index (χ3v) is 5.46. The van der Waals surface area contributed by atoms with E-state index in [2.05, 4.69) is 46.1 Å². The Morgan fingerprint density at radius 2 is 1.55 bits per heavy atom. The number of rotatable bonds is 4. The Bertz CT molecular complexity index is 995. The maximum atomic E-state index is 13.2. The quantitative estimate of drug-likeness (QED) is 0.704. The van der Waals surface area contributed by atoms with Crippen molar-refractivity contribution in [1.82, 2.24) is 9.97 Å². The Labute approximate surface area is 171 Å². The van der Waals surface area contributed by atoms with Crippen LogP contribution in [0.2, 0.25) is 0 Å². The van der Waals surface area contributed by atoms with Gasteiger partial charge in [-0.2, -0.15) is 4.98 Å². The molecule has 0 aliphatic carbocycles. The van der Waals surface area contributed by atoms with Crippen LogP contribution in [-0.4, -0.2) is 36.1 Å². The molecule has 0 atom stereocenters. The Morgan fingerprint density at radius 1 is 0.862 bits per heavy atom. The van der Waals surface area contributed by atoms with Crippen LogP contribution in [0, 0.1) is 26.6 Å². The molecule has 1 aliphatic heterocycles. The third-order valence-electron chi connectivity index (χ3n) is 5.46. The summed E-state index contributed by atoms with van der Waals surface area (Å²) < 4.78 is 13.2. The molecule has 1 N–H and O–H groups in total. The average Bonchev–Trinajstić information content (AvgIpc) is 2.72. The van der Waals surface area contributed by atoms with Crippen molar-refractivity contribution in [2.45, 2.75) is 20.8 Å². The predicted molar refractivity (Wildman–Crippen MR) is 117 cm³/mol. The number of benzene rings is 2. The van der Waals surface area contributed by atoms with Gasteiger partial charge in [-0.05, 0) is 62.2 Å². The van der Waals surface area contributed by atoms with Gasteiger partial charge < -0.3 is 15.1 Å². The number of halogens is 1. The van der Waals surface area contributed by atoms with Crippen molar-refractivity contribution >= 4 is 23.1 Å². The van der Waals surface area contributed by atoms with Crippen molar-refractivity contribution in [3.8, 4) is 0 Å². The smallest absolute Gasteiger partial charge is 0.227 e. The lowest BCUT2D eigenvalue weighted by Crippen LogP contribution is -2.47. The summed E-state index contributed by atoms with van der Waals surface area (Å²) in [5.41, 5.74) is 5.52.